The summed E-state index contributed by atoms with van der Waals surface area (Å²) >= 11 is 0. The van der Waals surface area contributed by atoms with Gasteiger partial charge in [-0.2, -0.15) is 21.9 Å². The Morgan fingerprint density at radius 1 is 1.02 bits per heavy atom. The van der Waals surface area contributed by atoms with Crippen molar-refractivity contribution < 1.29 is 30.7 Å². The van der Waals surface area contributed by atoms with Gasteiger partial charge in [-0.25, -0.2) is 4.85 Å². The number of carbonyl (C=O) groups excluding carboxylic acids is 1. The molecule has 0 unspecified atom stereocenters. The van der Waals surface area contributed by atoms with Crippen molar-refractivity contribution in [3.05, 3.63) is 77.9 Å². The quantitative estimate of drug-likeness (QED) is 0.132. The molecule has 3 N–H and O–H groups in total. The summed E-state index contributed by atoms with van der Waals surface area (Å²) in [5.74, 6) is -0.186. The van der Waals surface area contributed by atoms with Crippen LogP contribution < -0.4 is 5.32 Å². The molecule has 0 radical (unpaired) electrons. The zero-order chi connectivity index (χ0) is 30.4. The van der Waals surface area contributed by atoms with Crippen LogP contribution in [0.5, 0.6) is 0 Å². The summed E-state index contributed by atoms with van der Waals surface area (Å²) < 4.78 is 69.3. The molecule has 5 aromatic rings. The van der Waals surface area contributed by atoms with Crippen molar-refractivity contribution in [1.29, 1.82) is 0 Å². The van der Waals surface area contributed by atoms with Crippen LogP contribution in [0.3, 0.4) is 0 Å². The lowest BCUT2D eigenvalue weighted by molar-refractivity contribution is -0.116. The van der Waals surface area contributed by atoms with Gasteiger partial charge in [-0.1, -0.05) is 24.3 Å². The molecule has 16 heteroatoms. The fourth-order valence-electron chi connectivity index (χ4n) is 4.55. The zero-order valence-corrected chi connectivity index (χ0v) is 23.5. The van der Waals surface area contributed by atoms with E-state index in [2.05, 4.69) is 25.5 Å². The van der Waals surface area contributed by atoms with Crippen molar-refractivity contribution in [2.75, 3.05) is 5.32 Å². The Kier molecular flexibility index (Phi) is 7.12. The number of rotatable bonds is 7. The summed E-state index contributed by atoms with van der Waals surface area (Å²) in [5, 5.41) is 16.1. The molecule has 42 heavy (non-hydrogen) atoms. The van der Waals surface area contributed by atoms with Crippen LogP contribution in [0.1, 0.15) is 5.69 Å². The van der Waals surface area contributed by atoms with E-state index in [-0.39, 0.29) is 34.5 Å². The number of nitrogens with zero attached hydrogens (tertiary/aromatic N) is 6. The SMILES string of the molecule is [C-]#[N+]c1cnn(C)c1N=Nc1c(C)n(CC(=O)Nc2ccc3c(S(=O)(=O)O)cc(S(=O)(=O)O)cc3c2)c2ccccc12. The summed E-state index contributed by atoms with van der Waals surface area (Å²) in [5.41, 5.74) is 2.26. The number of benzene rings is 3. The number of azo groups is 1. The smallest absolute Gasteiger partial charge is 0.295 e. The summed E-state index contributed by atoms with van der Waals surface area (Å²) in [6, 6.07) is 12.9. The first-order valence-electron chi connectivity index (χ1n) is 12.0. The summed E-state index contributed by atoms with van der Waals surface area (Å²) in [6.45, 7) is 8.91. The van der Waals surface area contributed by atoms with Crippen molar-refractivity contribution in [3.63, 3.8) is 0 Å². The van der Waals surface area contributed by atoms with Gasteiger partial charge in [-0.15, -0.1) is 10.2 Å². The molecular formula is C26H21N7O7S2. The van der Waals surface area contributed by atoms with Gasteiger partial charge in [0.25, 0.3) is 25.9 Å². The van der Waals surface area contributed by atoms with Crippen molar-refractivity contribution >= 4 is 70.7 Å². The minimum absolute atomic E-state index is 0.0139. The van der Waals surface area contributed by atoms with Crippen molar-refractivity contribution in [1.82, 2.24) is 14.3 Å². The van der Waals surface area contributed by atoms with E-state index in [0.29, 0.717) is 23.0 Å². The molecule has 0 fully saturated rings. The fraction of sp³-hybridized carbons (Fsp3) is 0.115. The molecule has 214 valence electrons. The van der Waals surface area contributed by atoms with Gasteiger partial charge in [0.15, 0.2) is 5.82 Å². The molecule has 0 aliphatic carbocycles. The van der Waals surface area contributed by atoms with Gasteiger partial charge in [0.1, 0.15) is 17.1 Å². The molecule has 0 saturated heterocycles. The second kappa shape index (κ2) is 10.5. The molecule has 1 amide bonds. The van der Waals surface area contributed by atoms with E-state index in [9.17, 15) is 30.7 Å². The molecule has 2 aromatic heterocycles. The van der Waals surface area contributed by atoms with Crippen molar-refractivity contribution in [2.24, 2.45) is 17.3 Å². The van der Waals surface area contributed by atoms with E-state index < -0.39 is 35.9 Å². The van der Waals surface area contributed by atoms with Gasteiger partial charge in [0, 0.05) is 29.2 Å². The highest BCUT2D eigenvalue weighted by Crippen LogP contribution is 2.36. The molecule has 5 rings (SSSR count). The Hall–Kier alpha value is -4.95. The highest BCUT2D eigenvalue weighted by atomic mass is 32.2. The first-order chi connectivity index (χ1) is 19.8. The van der Waals surface area contributed by atoms with E-state index >= 15 is 0 Å². The van der Waals surface area contributed by atoms with Crippen LogP contribution in [-0.2, 0) is 38.6 Å². The number of nitrogens with one attached hydrogen (secondary N) is 1. The monoisotopic (exact) mass is 607 g/mol. The van der Waals surface area contributed by atoms with Crippen LogP contribution in [0.25, 0.3) is 26.5 Å². The molecule has 0 atom stereocenters. The van der Waals surface area contributed by atoms with Gasteiger partial charge in [-0.3, -0.25) is 18.6 Å². The molecular weight excluding hydrogens is 586 g/mol. The lowest BCUT2D eigenvalue weighted by Gasteiger charge is -2.12. The number of anilines is 1. The molecule has 0 aliphatic heterocycles. The number of aryl methyl sites for hydroxylation is 1. The maximum absolute atomic E-state index is 13.1. The second-order valence-corrected chi connectivity index (χ2v) is 12.0. The van der Waals surface area contributed by atoms with E-state index in [0.717, 1.165) is 11.5 Å². The zero-order valence-electron chi connectivity index (χ0n) is 21.9. The van der Waals surface area contributed by atoms with E-state index in [1.54, 1.807) is 24.6 Å². The molecule has 0 bridgehead atoms. The van der Waals surface area contributed by atoms with Gasteiger partial charge in [0.05, 0.1) is 23.2 Å². The Balaban J connectivity index is 1.49. The minimum atomic E-state index is -4.84. The van der Waals surface area contributed by atoms with Crippen LogP contribution in [-0.4, -0.2) is 46.2 Å². The maximum atomic E-state index is 13.1. The highest BCUT2D eigenvalue weighted by molar-refractivity contribution is 7.86. The number of aromatic nitrogens is 3. The average molecular weight is 608 g/mol. The molecule has 0 saturated carbocycles. The normalized spacial score (nSPS) is 12.3. The standard InChI is InChI=1S/C26H21N7O7S2/c1-15-25(30-31-26-21(27-2)13-28-32(26)3)20-6-4-5-7-22(20)33(15)14-24(34)29-17-8-9-19-16(10-17)11-18(41(35,36)37)12-23(19)42(38,39)40/h4-13H,14H2,1,3H3,(H,29,34)(H,35,36,37)(H,38,39,40). The molecule has 0 spiro atoms. The summed E-state index contributed by atoms with van der Waals surface area (Å²) in [6.07, 6.45) is 1.39. The van der Waals surface area contributed by atoms with Crippen molar-refractivity contribution in [3.8, 4) is 0 Å². The van der Waals surface area contributed by atoms with Gasteiger partial charge < -0.3 is 9.88 Å². The molecule has 14 nitrogen and oxygen atoms in total. The number of carbonyl (C=O) groups is 1. The summed E-state index contributed by atoms with van der Waals surface area (Å²) in [4.78, 5) is 15.1. The Bertz CT molecular complexity index is 2210. The lowest BCUT2D eigenvalue weighted by atomic mass is 10.1. The predicted octanol–water partition coefficient (Wildman–Crippen LogP) is 4.93. The maximum Gasteiger partial charge on any atom is 0.295 e. The first kappa shape index (κ1) is 28.6. The van der Waals surface area contributed by atoms with Crippen LogP contribution >= 0.6 is 0 Å². The Morgan fingerprint density at radius 2 is 1.76 bits per heavy atom. The molecule has 2 heterocycles. The largest absolute Gasteiger partial charge is 0.333 e. The van der Waals surface area contributed by atoms with Crippen LogP contribution in [0.4, 0.5) is 22.9 Å². The summed E-state index contributed by atoms with van der Waals surface area (Å²) in [7, 11) is -8.00. The fourth-order valence-corrected chi connectivity index (χ4v) is 5.90. The third-order valence-corrected chi connectivity index (χ3v) is 8.23. The Labute approximate surface area is 239 Å². The van der Waals surface area contributed by atoms with Crippen LogP contribution in [0.15, 0.2) is 80.8 Å². The number of para-hydroxylation sites is 1. The molecule has 3 aromatic carbocycles. The third-order valence-electron chi connectivity index (χ3n) is 6.50. The van der Waals surface area contributed by atoms with Crippen LogP contribution in [0, 0.1) is 13.5 Å². The minimum Gasteiger partial charge on any atom is -0.333 e. The number of fused-ring (bicyclic) bond motifs is 2. The van der Waals surface area contributed by atoms with E-state index in [1.165, 1.54) is 29.1 Å². The van der Waals surface area contributed by atoms with Crippen molar-refractivity contribution in [2.45, 2.75) is 23.3 Å². The van der Waals surface area contributed by atoms with Crippen LogP contribution in [0.2, 0.25) is 0 Å². The number of hydrogen-bond acceptors (Lipinski definition) is 8. The highest BCUT2D eigenvalue weighted by Gasteiger charge is 2.21. The second-order valence-electron chi connectivity index (χ2n) is 9.18. The lowest BCUT2D eigenvalue weighted by Crippen LogP contribution is -2.19. The van der Waals surface area contributed by atoms with Gasteiger partial charge in [-0.05, 0) is 42.6 Å². The number of amides is 1. The van der Waals surface area contributed by atoms with Gasteiger partial charge in [0.2, 0.25) is 5.91 Å². The van der Waals surface area contributed by atoms with E-state index in [4.69, 9.17) is 6.57 Å². The third kappa shape index (κ3) is 5.36. The van der Waals surface area contributed by atoms with Gasteiger partial charge >= 0.3 is 0 Å². The molecule has 0 aliphatic rings. The predicted molar refractivity (Wildman–Crippen MR) is 153 cm³/mol. The first-order valence-corrected chi connectivity index (χ1v) is 14.9. The Morgan fingerprint density at radius 3 is 2.45 bits per heavy atom. The average Bonchev–Trinajstić information content (AvgIpc) is 3.41. The number of hydrogen-bond donors (Lipinski definition) is 3. The topological polar surface area (TPSA) is 190 Å². The van der Waals surface area contributed by atoms with E-state index in [1.807, 2.05) is 18.2 Å².